The highest BCUT2D eigenvalue weighted by Crippen LogP contribution is 2.60. The molecule has 1 aromatic rings. The molecule has 2 atom stereocenters. The van der Waals surface area contributed by atoms with Crippen LogP contribution in [0.5, 0.6) is 0 Å². The van der Waals surface area contributed by atoms with Crippen molar-refractivity contribution in [1.29, 1.82) is 0 Å². The van der Waals surface area contributed by atoms with Crippen molar-refractivity contribution in [2.24, 2.45) is 17.3 Å². The van der Waals surface area contributed by atoms with Crippen molar-refractivity contribution in [2.75, 3.05) is 6.61 Å². The number of hydrogen-bond acceptors (Lipinski definition) is 1. The van der Waals surface area contributed by atoms with Gasteiger partial charge in [0.1, 0.15) is 5.82 Å². The predicted octanol–water partition coefficient (Wildman–Crippen LogP) is 3.43. The Morgan fingerprint density at radius 2 is 2.06 bits per heavy atom. The number of aliphatic hydroxyl groups is 1. The van der Waals surface area contributed by atoms with Gasteiger partial charge in [-0.3, -0.25) is 0 Å². The zero-order valence-electron chi connectivity index (χ0n) is 9.63. The molecule has 1 N–H and O–H groups in total. The van der Waals surface area contributed by atoms with E-state index in [1.807, 2.05) is 0 Å². The van der Waals surface area contributed by atoms with Crippen molar-refractivity contribution in [3.63, 3.8) is 0 Å². The maximum Gasteiger partial charge on any atom is 0.127 e. The third-order valence-electron chi connectivity index (χ3n) is 4.41. The quantitative estimate of drug-likeness (QED) is 0.876. The molecule has 1 aromatic carbocycles. The van der Waals surface area contributed by atoms with Crippen LogP contribution in [-0.4, -0.2) is 11.7 Å². The standard InChI is InChI=1S/C14H16ClFO/c15-12-2-1-3-13(16)11(12)7-14(8-17)5-9-4-10(9)6-14/h1-3,9-10,17H,4-8H2. The first-order valence-electron chi connectivity index (χ1n) is 6.17. The molecule has 17 heavy (non-hydrogen) atoms. The van der Waals surface area contributed by atoms with Crippen LogP contribution in [-0.2, 0) is 6.42 Å². The number of hydrogen-bond donors (Lipinski definition) is 1. The van der Waals surface area contributed by atoms with Gasteiger partial charge in [-0.25, -0.2) is 4.39 Å². The smallest absolute Gasteiger partial charge is 0.127 e. The van der Waals surface area contributed by atoms with Crippen molar-refractivity contribution < 1.29 is 9.50 Å². The van der Waals surface area contributed by atoms with Gasteiger partial charge >= 0.3 is 0 Å². The molecule has 2 unspecified atom stereocenters. The van der Waals surface area contributed by atoms with Crippen LogP contribution >= 0.6 is 11.6 Å². The highest BCUT2D eigenvalue weighted by Gasteiger charge is 2.53. The predicted molar refractivity (Wildman–Crippen MR) is 65.5 cm³/mol. The third kappa shape index (κ3) is 1.98. The summed E-state index contributed by atoms with van der Waals surface area (Å²) in [5, 5.41) is 10.1. The molecule has 3 heteroatoms. The largest absolute Gasteiger partial charge is 0.396 e. The SMILES string of the molecule is OCC1(Cc2c(F)cccc2Cl)CC2CC2C1. The molecule has 2 aliphatic rings. The van der Waals surface area contributed by atoms with Crippen LogP contribution in [0.3, 0.4) is 0 Å². The van der Waals surface area contributed by atoms with E-state index in [-0.39, 0.29) is 17.8 Å². The minimum Gasteiger partial charge on any atom is -0.396 e. The molecule has 3 rings (SSSR count). The lowest BCUT2D eigenvalue weighted by molar-refractivity contribution is 0.116. The van der Waals surface area contributed by atoms with E-state index < -0.39 is 0 Å². The van der Waals surface area contributed by atoms with E-state index in [1.165, 1.54) is 12.5 Å². The first-order valence-corrected chi connectivity index (χ1v) is 6.55. The molecule has 2 saturated carbocycles. The molecular weight excluding hydrogens is 239 g/mol. The number of halogens is 2. The molecule has 92 valence electrons. The van der Waals surface area contributed by atoms with Gasteiger partial charge in [-0.2, -0.15) is 0 Å². The maximum absolute atomic E-state index is 13.8. The molecule has 0 aromatic heterocycles. The van der Waals surface area contributed by atoms with Gasteiger partial charge in [0.05, 0.1) is 0 Å². The Hall–Kier alpha value is -0.600. The topological polar surface area (TPSA) is 20.2 Å². The molecule has 0 bridgehead atoms. The molecule has 0 saturated heterocycles. The van der Waals surface area contributed by atoms with Gasteiger partial charge in [0, 0.05) is 17.2 Å². The second-order valence-electron chi connectivity index (χ2n) is 5.70. The molecule has 0 amide bonds. The van der Waals surface area contributed by atoms with Crippen LogP contribution in [0.1, 0.15) is 24.8 Å². The van der Waals surface area contributed by atoms with E-state index in [9.17, 15) is 9.50 Å². The lowest BCUT2D eigenvalue weighted by Crippen LogP contribution is -2.27. The van der Waals surface area contributed by atoms with E-state index in [2.05, 4.69) is 0 Å². The Labute approximate surface area is 106 Å². The lowest BCUT2D eigenvalue weighted by atomic mass is 9.78. The normalized spacial score (nSPS) is 34.8. The molecule has 0 spiro atoms. The summed E-state index contributed by atoms with van der Waals surface area (Å²) in [5.74, 6) is 1.30. The molecule has 0 heterocycles. The van der Waals surface area contributed by atoms with Crippen LogP contribution in [0.25, 0.3) is 0 Å². The average molecular weight is 255 g/mol. The van der Waals surface area contributed by atoms with Gasteiger partial charge in [-0.15, -0.1) is 0 Å². The van der Waals surface area contributed by atoms with Gasteiger partial charge in [-0.05, 0) is 55.1 Å². The van der Waals surface area contributed by atoms with Crippen LogP contribution in [0.4, 0.5) is 4.39 Å². The van der Waals surface area contributed by atoms with Crippen molar-refractivity contribution in [1.82, 2.24) is 0 Å². The Morgan fingerprint density at radius 1 is 1.35 bits per heavy atom. The van der Waals surface area contributed by atoms with Crippen molar-refractivity contribution >= 4 is 11.6 Å². The molecule has 0 radical (unpaired) electrons. The van der Waals surface area contributed by atoms with Crippen molar-refractivity contribution in [3.05, 3.63) is 34.6 Å². The number of aliphatic hydroxyl groups excluding tert-OH is 1. The number of benzene rings is 1. The number of fused-ring (bicyclic) bond motifs is 1. The summed E-state index contributed by atoms with van der Waals surface area (Å²) in [6.07, 6.45) is 3.92. The number of rotatable bonds is 3. The Morgan fingerprint density at radius 3 is 2.65 bits per heavy atom. The zero-order valence-corrected chi connectivity index (χ0v) is 10.4. The van der Waals surface area contributed by atoms with E-state index in [0.29, 0.717) is 17.0 Å². The fraction of sp³-hybridized carbons (Fsp3) is 0.571. The Bertz CT molecular complexity index is 416. The average Bonchev–Trinajstić information content (AvgIpc) is 2.93. The highest BCUT2D eigenvalue weighted by molar-refractivity contribution is 6.31. The molecule has 2 fully saturated rings. The van der Waals surface area contributed by atoms with Gasteiger partial charge in [0.25, 0.3) is 0 Å². The monoisotopic (exact) mass is 254 g/mol. The third-order valence-corrected chi connectivity index (χ3v) is 4.76. The fourth-order valence-electron chi connectivity index (χ4n) is 3.41. The molecule has 1 nitrogen and oxygen atoms in total. The minimum absolute atomic E-state index is 0.126. The van der Waals surface area contributed by atoms with Gasteiger partial charge in [0.2, 0.25) is 0 Å². The molecule has 2 aliphatic carbocycles. The summed E-state index contributed by atoms with van der Waals surface area (Å²) in [5.41, 5.74) is 0.448. The van der Waals surface area contributed by atoms with E-state index in [1.54, 1.807) is 12.1 Å². The van der Waals surface area contributed by atoms with Crippen LogP contribution < -0.4 is 0 Å². The summed E-state index contributed by atoms with van der Waals surface area (Å²) >= 11 is 6.05. The van der Waals surface area contributed by atoms with Gasteiger partial charge in [-0.1, -0.05) is 17.7 Å². The van der Waals surface area contributed by atoms with Crippen LogP contribution in [0, 0.1) is 23.1 Å². The van der Waals surface area contributed by atoms with Crippen molar-refractivity contribution in [2.45, 2.75) is 25.7 Å². The van der Waals surface area contributed by atoms with E-state index >= 15 is 0 Å². The van der Waals surface area contributed by atoms with Gasteiger partial charge in [0.15, 0.2) is 0 Å². The van der Waals surface area contributed by atoms with Crippen LogP contribution in [0.2, 0.25) is 5.02 Å². The summed E-state index contributed by atoms with van der Waals surface area (Å²) < 4.78 is 13.8. The Kier molecular flexibility index (Phi) is 2.68. The lowest BCUT2D eigenvalue weighted by Gasteiger charge is -2.29. The molecule has 0 aliphatic heterocycles. The summed E-state index contributed by atoms with van der Waals surface area (Å²) in [4.78, 5) is 0. The van der Waals surface area contributed by atoms with E-state index in [4.69, 9.17) is 11.6 Å². The first kappa shape index (κ1) is 11.5. The summed E-state index contributed by atoms with van der Waals surface area (Å²) in [7, 11) is 0. The molecular formula is C14H16ClFO. The second kappa shape index (κ2) is 3.96. The Balaban J connectivity index is 1.86. The second-order valence-corrected chi connectivity index (χ2v) is 6.11. The highest BCUT2D eigenvalue weighted by atomic mass is 35.5. The van der Waals surface area contributed by atoms with E-state index in [0.717, 1.165) is 24.7 Å². The van der Waals surface area contributed by atoms with Gasteiger partial charge < -0.3 is 5.11 Å². The summed E-state index contributed by atoms with van der Waals surface area (Å²) in [6, 6.07) is 4.79. The first-order chi connectivity index (χ1) is 8.13. The van der Waals surface area contributed by atoms with Crippen molar-refractivity contribution in [3.8, 4) is 0 Å². The minimum atomic E-state index is -0.245. The zero-order chi connectivity index (χ0) is 12.0. The summed E-state index contributed by atoms with van der Waals surface area (Å²) in [6.45, 7) is 0.144. The fourth-order valence-corrected chi connectivity index (χ4v) is 3.64. The maximum atomic E-state index is 13.8. The van der Waals surface area contributed by atoms with Crippen LogP contribution in [0.15, 0.2) is 18.2 Å².